The summed E-state index contributed by atoms with van der Waals surface area (Å²) in [5.41, 5.74) is 3.72. The maximum Gasteiger partial charge on any atom is 0.298 e. The fourth-order valence-corrected chi connectivity index (χ4v) is 4.42. The van der Waals surface area contributed by atoms with Crippen LogP contribution in [0.1, 0.15) is 24.5 Å². The van der Waals surface area contributed by atoms with Gasteiger partial charge in [0.2, 0.25) is 0 Å². The number of benzene rings is 3. The summed E-state index contributed by atoms with van der Waals surface area (Å²) in [6.45, 7) is 4.05. The highest BCUT2D eigenvalue weighted by molar-refractivity contribution is 8.19. The van der Waals surface area contributed by atoms with E-state index >= 15 is 0 Å². The molecule has 0 bridgehead atoms. The van der Waals surface area contributed by atoms with Gasteiger partial charge < -0.3 is 0 Å². The molecule has 27 heavy (non-hydrogen) atoms. The molecule has 0 aliphatic carbocycles. The molecule has 1 aliphatic rings. The number of carbonyl (C=O) groups excluding carboxylic acids is 2. The molecular weight excluding hydrogens is 354 g/mol. The Labute approximate surface area is 162 Å². The van der Waals surface area contributed by atoms with Crippen molar-refractivity contribution in [2.24, 2.45) is 0 Å². The van der Waals surface area contributed by atoms with Crippen LogP contribution in [0, 0.1) is 6.92 Å². The van der Waals surface area contributed by atoms with E-state index in [2.05, 4.69) is 0 Å². The molecule has 1 saturated heterocycles. The van der Waals surface area contributed by atoms with Crippen LogP contribution in [0.5, 0.6) is 0 Å². The minimum atomic E-state index is -0.246. The summed E-state index contributed by atoms with van der Waals surface area (Å²) in [5.74, 6) is -0.237. The third-order valence-corrected chi connectivity index (χ3v) is 5.79. The molecule has 0 aromatic heterocycles. The third-order valence-electron chi connectivity index (χ3n) is 4.80. The van der Waals surface area contributed by atoms with E-state index in [9.17, 15) is 9.59 Å². The van der Waals surface area contributed by atoms with E-state index in [1.54, 1.807) is 0 Å². The average molecular weight is 373 g/mol. The first-order valence-electron chi connectivity index (χ1n) is 8.94. The van der Waals surface area contributed by atoms with Gasteiger partial charge in [-0.1, -0.05) is 73.2 Å². The first-order valence-corrected chi connectivity index (χ1v) is 9.76. The van der Waals surface area contributed by atoms with E-state index in [4.69, 9.17) is 0 Å². The standard InChI is InChI=1S/C23H19NO2S/c1-3-18(17-13-11-15(2)12-14-17)21-22(25)24(23(26)27-21)20-10-6-8-16-7-4-5-9-19(16)20/h4-14H,3H2,1-2H3/b21-18-. The summed E-state index contributed by atoms with van der Waals surface area (Å²) in [6.07, 6.45) is 0.688. The average Bonchev–Trinajstić information content (AvgIpc) is 2.97. The van der Waals surface area contributed by atoms with Crippen molar-refractivity contribution in [3.8, 4) is 0 Å². The van der Waals surface area contributed by atoms with Gasteiger partial charge in [-0.3, -0.25) is 9.59 Å². The number of nitrogens with zero attached hydrogens (tertiary/aromatic N) is 1. The van der Waals surface area contributed by atoms with Gasteiger partial charge >= 0.3 is 0 Å². The van der Waals surface area contributed by atoms with E-state index in [-0.39, 0.29) is 11.1 Å². The molecule has 4 rings (SSSR count). The van der Waals surface area contributed by atoms with Gasteiger partial charge in [-0.25, -0.2) is 4.90 Å². The lowest BCUT2D eigenvalue weighted by Gasteiger charge is -2.15. The molecule has 1 fully saturated rings. The number of amides is 2. The summed E-state index contributed by atoms with van der Waals surface area (Å²) in [5, 5.41) is 1.66. The smallest absolute Gasteiger partial charge is 0.268 e. The Morgan fingerprint density at radius 1 is 0.926 bits per heavy atom. The number of hydrogen-bond acceptors (Lipinski definition) is 3. The van der Waals surface area contributed by atoms with Gasteiger partial charge in [0.05, 0.1) is 10.6 Å². The van der Waals surface area contributed by atoms with E-state index < -0.39 is 0 Å². The van der Waals surface area contributed by atoms with Crippen molar-refractivity contribution >= 4 is 44.9 Å². The Kier molecular flexibility index (Phi) is 4.58. The molecule has 0 saturated carbocycles. The Hall–Kier alpha value is -2.85. The highest BCUT2D eigenvalue weighted by atomic mass is 32.2. The number of thioether (sulfide) groups is 1. The fourth-order valence-electron chi connectivity index (χ4n) is 3.41. The predicted molar refractivity (Wildman–Crippen MR) is 113 cm³/mol. The summed E-state index contributed by atoms with van der Waals surface area (Å²) in [4.78, 5) is 27.8. The molecule has 1 heterocycles. The molecule has 0 N–H and O–H groups in total. The van der Waals surface area contributed by atoms with E-state index in [0.29, 0.717) is 17.0 Å². The highest BCUT2D eigenvalue weighted by Crippen LogP contribution is 2.41. The van der Waals surface area contributed by atoms with Crippen LogP contribution in [0.2, 0.25) is 0 Å². The summed E-state index contributed by atoms with van der Waals surface area (Å²) < 4.78 is 0. The second kappa shape index (κ2) is 7.05. The molecule has 3 aromatic carbocycles. The van der Waals surface area contributed by atoms with Crippen LogP contribution in [0.3, 0.4) is 0 Å². The second-order valence-electron chi connectivity index (χ2n) is 6.53. The van der Waals surface area contributed by atoms with E-state index in [0.717, 1.165) is 39.2 Å². The number of aryl methyl sites for hydroxylation is 1. The van der Waals surface area contributed by atoms with Gasteiger partial charge in [0, 0.05) is 5.39 Å². The zero-order chi connectivity index (χ0) is 19.0. The Morgan fingerprint density at radius 3 is 2.37 bits per heavy atom. The number of fused-ring (bicyclic) bond motifs is 1. The van der Waals surface area contributed by atoms with Crippen LogP contribution in [-0.4, -0.2) is 11.1 Å². The molecule has 3 nitrogen and oxygen atoms in total. The van der Waals surface area contributed by atoms with Gasteiger partial charge in [0.15, 0.2) is 0 Å². The van der Waals surface area contributed by atoms with Crippen LogP contribution >= 0.6 is 11.8 Å². The molecule has 4 heteroatoms. The van der Waals surface area contributed by atoms with Crippen molar-refractivity contribution in [1.82, 2.24) is 0 Å². The van der Waals surface area contributed by atoms with Crippen molar-refractivity contribution in [3.63, 3.8) is 0 Å². The Morgan fingerprint density at radius 2 is 1.63 bits per heavy atom. The van der Waals surface area contributed by atoms with Crippen LogP contribution in [0.4, 0.5) is 10.5 Å². The first-order chi connectivity index (χ1) is 13.1. The van der Waals surface area contributed by atoms with Gasteiger partial charge in [-0.15, -0.1) is 0 Å². The lowest BCUT2D eigenvalue weighted by atomic mass is 10.0. The lowest BCUT2D eigenvalue weighted by Crippen LogP contribution is -2.28. The monoisotopic (exact) mass is 373 g/mol. The van der Waals surface area contributed by atoms with Crippen molar-refractivity contribution < 1.29 is 9.59 Å². The highest BCUT2D eigenvalue weighted by Gasteiger charge is 2.38. The zero-order valence-corrected chi connectivity index (χ0v) is 16.0. The zero-order valence-electron chi connectivity index (χ0n) is 15.2. The largest absolute Gasteiger partial charge is 0.298 e. The summed E-state index contributed by atoms with van der Waals surface area (Å²) >= 11 is 1.03. The predicted octanol–water partition coefficient (Wildman–Crippen LogP) is 6.17. The maximum absolute atomic E-state index is 13.2. The third kappa shape index (κ3) is 3.06. The number of carbonyl (C=O) groups is 2. The molecule has 0 unspecified atom stereocenters. The normalized spacial score (nSPS) is 16.3. The molecule has 0 radical (unpaired) electrons. The maximum atomic E-state index is 13.2. The van der Waals surface area contributed by atoms with Gasteiger partial charge in [-0.2, -0.15) is 0 Å². The number of rotatable bonds is 3. The minimum Gasteiger partial charge on any atom is -0.268 e. The summed E-state index contributed by atoms with van der Waals surface area (Å²) in [7, 11) is 0. The van der Waals surface area contributed by atoms with Gasteiger partial charge in [0.1, 0.15) is 0 Å². The number of allylic oxidation sites excluding steroid dienone is 1. The number of hydrogen-bond donors (Lipinski definition) is 0. The first kappa shape index (κ1) is 17.6. The molecule has 0 spiro atoms. The van der Waals surface area contributed by atoms with E-state index in [1.165, 1.54) is 4.90 Å². The van der Waals surface area contributed by atoms with Crippen LogP contribution in [0.25, 0.3) is 16.3 Å². The van der Waals surface area contributed by atoms with Gasteiger partial charge in [-0.05, 0) is 47.7 Å². The second-order valence-corrected chi connectivity index (χ2v) is 7.50. The molecule has 134 valence electrons. The van der Waals surface area contributed by atoms with Crippen LogP contribution < -0.4 is 4.90 Å². The topological polar surface area (TPSA) is 37.4 Å². The van der Waals surface area contributed by atoms with Crippen molar-refractivity contribution in [2.45, 2.75) is 20.3 Å². The fraction of sp³-hybridized carbons (Fsp3) is 0.130. The Bertz CT molecular complexity index is 1080. The van der Waals surface area contributed by atoms with Crippen molar-refractivity contribution in [2.75, 3.05) is 4.90 Å². The lowest BCUT2D eigenvalue weighted by molar-refractivity contribution is -0.113. The molecule has 0 atom stereocenters. The van der Waals surface area contributed by atoms with Gasteiger partial charge in [0.25, 0.3) is 11.1 Å². The quantitative estimate of drug-likeness (QED) is 0.515. The number of anilines is 1. The molecule has 3 aromatic rings. The van der Waals surface area contributed by atoms with Crippen molar-refractivity contribution in [1.29, 1.82) is 0 Å². The minimum absolute atomic E-state index is 0.237. The molecule has 2 amide bonds. The van der Waals surface area contributed by atoms with E-state index in [1.807, 2.05) is 80.6 Å². The molecular formula is C23H19NO2S. The SMILES string of the molecule is CC/C(=C1/SC(=O)N(c2cccc3ccccc23)C1=O)c1ccc(C)cc1. The summed E-state index contributed by atoms with van der Waals surface area (Å²) in [6, 6.07) is 21.6. The van der Waals surface area contributed by atoms with Crippen LogP contribution in [-0.2, 0) is 4.79 Å². The van der Waals surface area contributed by atoms with Crippen LogP contribution in [0.15, 0.2) is 71.6 Å². The molecule has 1 aliphatic heterocycles. The Balaban J connectivity index is 1.83. The number of imide groups is 1. The van der Waals surface area contributed by atoms with Crippen molar-refractivity contribution in [3.05, 3.63) is 82.8 Å².